The first-order valence-corrected chi connectivity index (χ1v) is 8.74. The van der Waals surface area contributed by atoms with E-state index in [-0.39, 0.29) is 6.61 Å². The highest BCUT2D eigenvalue weighted by Crippen LogP contribution is 2.42. The first kappa shape index (κ1) is 15.9. The summed E-state index contributed by atoms with van der Waals surface area (Å²) >= 11 is 0. The third-order valence-electron chi connectivity index (χ3n) is 5.01. The average molecular weight is 330 g/mol. The Kier molecular flexibility index (Phi) is 4.06. The van der Waals surface area contributed by atoms with E-state index in [0.717, 1.165) is 17.7 Å². The molecule has 1 N–H and O–H groups in total. The van der Waals surface area contributed by atoms with Crippen molar-refractivity contribution in [3.8, 4) is 28.0 Å². The third kappa shape index (κ3) is 2.73. The molecule has 0 amide bonds. The molecule has 0 bridgehead atoms. The number of fused-ring (bicyclic) bond motifs is 3. The monoisotopic (exact) mass is 330 g/mol. The van der Waals surface area contributed by atoms with Crippen molar-refractivity contribution in [3.05, 3.63) is 76.9 Å². The van der Waals surface area contributed by atoms with E-state index in [9.17, 15) is 0 Å². The van der Waals surface area contributed by atoms with Gasteiger partial charge in [-0.1, -0.05) is 42.5 Å². The Hall–Kier alpha value is -2.58. The van der Waals surface area contributed by atoms with Crippen LogP contribution in [-0.2, 0) is 6.42 Å². The van der Waals surface area contributed by atoms with Crippen LogP contribution in [0.2, 0.25) is 0 Å². The topological polar surface area (TPSA) is 29.5 Å². The van der Waals surface area contributed by atoms with E-state index in [1.165, 1.54) is 38.9 Å². The van der Waals surface area contributed by atoms with E-state index < -0.39 is 0 Å². The van der Waals surface area contributed by atoms with Gasteiger partial charge in [-0.05, 0) is 76.9 Å². The minimum atomic E-state index is 0.0324. The van der Waals surface area contributed by atoms with E-state index in [2.05, 4.69) is 68.4 Å². The summed E-state index contributed by atoms with van der Waals surface area (Å²) in [5.74, 6) is 0.853. The molecule has 0 unspecified atom stereocenters. The fourth-order valence-corrected chi connectivity index (χ4v) is 3.80. The standard InChI is InChI=1S/C23H22O2/c1-15-13-23(25-11-10-24)16(2)12-21(15)20-9-5-8-19-18-7-4-3-6-17(18)14-22(19)20/h3-9,12-13,24H,10-11,14H2,1-2H3. The number of hydrogen-bond acceptors (Lipinski definition) is 2. The lowest BCUT2D eigenvalue weighted by Crippen LogP contribution is -2.03. The second kappa shape index (κ2) is 6.38. The maximum absolute atomic E-state index is 8.99. The Labute approximate surface area is 148 Å². The molecule has 2 heteroatoms. The maximum Gasteiger partial charge on any atom is 0.122 e. The molecule has 4 rings (SSSR count). The lowest BCUT2D eigenvalue weighted by atomic mass is 9.91. The third-order valence-corrected chi connectivity index (χ3v) is 5.01. The van der Waals surface area contributed by atoms with Crippen molar-refractivity contribution in [1.29, 1.82) is 0 Å². The van der Waals surface area contributed by atoms with Crippen molar-refractivity contribution < 1.29 is 9.84 Å². The highest BCUT2D eigenvalue weighted by atomic mass is 16.5. The number of hydrogen-bond donors (Lipinski definition) is 1. The van der Waals surface area contributed by atoms with E-state index in [0.29, 0.717) is 6.61 Å². The Balaban J connectivity index is 1.81. The van der Waals surface area contributed by atoms with Crippen LogP contribution in [0.15, 0.2) is 54.6 Å². The summed E-state index contributed by atoms with van der Waals surface area (Å²) in [6, 6.07) is 19.6. The number of ether oxygens (including phenoxy) is 1. The van der Waals surface area contributed by atoms with Gasteiger partial charge >= 0.3 is 0 Å². The summed E-state index contributed by atoms with van der Waals surface area (Å²) in [6.07, 6.45) is 0.989. The smallest absolute Gasteiger partial charge is 0.122 e. The molecule has 0 fully saturated rings. The molecule has 3 aromatic rings. The average Bonchev–Trinajstić information content (AvgIpc) is 3.01. The summed E-state index contributed by atoms with van der Waals surface area (Å²) in [4.78, 5) is 0. The van der Waals surface area contributed by atoms with Crippen molar-refractivity contribution in [2.45, 2.75) is 20.3 Å². The molecule has 1 aliphatic carbocycles. The van der Waals surface area contributed by atoms with Crippen molar-refractivity contribution in [2.24, 2.45) is 0 Å². The summed E-state index contributed by atoms with van der Waals surface area (Å²) in [7, 11) is 0. The summed E-state index contributed by atoms with van der Waals surface area (Å²) < 4.78 is 5.65. The van der Waals surface area contributed by atoms with E-state index >= 15 is 0 Å². The molecule has 2 nitrogen and oxygen atoms in total. The molecule has 0 saturated heterocycles. The van der Waals surface area contributed by atoms with E-state index in [1.54, 1.807) is 0 Å². The fraction of sp³-hybridized carbons (Fsp3) is 0.217. The van der Waals surface area contributed by atoms with Gasteiger partial charge in [0.1, 0.15) is 12.4 Å². The van der Waals surface area contributed by atoms with Crippen molar-refractivity contribution >= 4 is 0 Å². The summed E-state index contributed by atoms with van der Waals surface area (Å²) in [5, 5.41) is 8.99. The normalized spacial score (nSPS) is 12.0. The zero-order chi connectivity index (χ0) is 17.4. The van der Waals surface area contributed by atoms with Gasteiger partial charge < -0.3 is 9.84 Å². The molecule has 3 aromatic carbocycles. The van der Waals surface area contributed by atoms with Crippen LogP contribution < -0.4 is 4.74 Å². The van der Waals surface area contributed by atoms with E-state index in [1.807, 2.05) is 0 Å². The van der Waals surface area contributed by atoms with Crippen LogP contribution >= 0.6 is 0 Å². The van der Waals surface area contributed by atoms with Gasteiger partial charge in [0.25, 0.3) is 0 Å². The molecule has 25 heavy (non-hydrogen) atoms. The van der Waals surface area contributed by atoms with Gasteiger partial charge in [-0.3, -0.25) is 0 Å². The zero-order valence-electron chi connectivity index (χ0n) is 14.7. The maximum atomic E-state index is 8.99. The van der Waals surface area contributed by atoms with Gasteiger partial charge in [-0.2, -0.15) is 0 Å². The van der Waals surface area contributed by atoms with Gasteiger partial charge in [-0.15, -0.1) is 0 Å². The van der Waals surface area contributed by atoms with Crippen LogP contribution in [0.3, 0.4) is 0 Å². The van der Waals surface area contributed by atoms with Crippen LogP contribution in [-0.4, -0.2) is 18.3 Å². The molecule has 1 aliphatic rings. The van der Waals surface area contributed by atoms with Crippen LogP contribution in [0.25, 0.3) is 22.3 Å². The molecule has 0 heterocycles. The van der Waals surface area contributed by atoms with Crippen molar-refractivity contribution in [2.75, 3.05) is 13.2 Å². The Morgan fingerprint density at radius 2 is 1.56 bits per heavy atom. The fourth-order valence-electron chi connectivity index (χ4n) is 3.80. The number of aliphatic hydroxyl groups is 1. The van der Waals surface area contributed by atoms with Gasteiger partial charge in [0.2, 0.25) is 0 Å². The van der Waals surface area contributed by atoms with Gasteiger partial charge in [0.05, 0.1) is 6.61 Å². The first-order chi connectivity index (χ1) is 12.2. The second-order valence-electron chi connectivity index (χ2n) is 6.67. The number of aryl methyl sites for hydroxylation is 2. The quantitative estimate of drug-likeness (QED) is 0.576. The van der Waals surface area contributed by atoms with Crippen LogP contribution in [0.1, 0.15) is 22.3 Å². The van der Waals surface area contributed by atoms with Crippen LogP contribution in [0, 0.1) is 13.8 Å². The Morgan fingerprint density at radius 1 is 0.840 bits per heavy atom. The molecule has 0 radical (unpaired) electrons. The predicted molar refractivity (Wildman–Crippen MR) is 102 cm³/mol. The molecule has 0 aliphatic heterocycles. The van der Waals surface area contributed by atoms with Gasteiger partial charge in [-0.25, -0.2) is 0 Å². The molecule has 0 aromatic heterocycles. The van der Waals surface area contributed by atoms with E-state index in [4.69, 9.17) is 9.84 Å². The number of aliphatic hydroxyl groups excluding tert-OH is 1. The molecule has 0 saturated carbocycles. The van der Waals surface area contributed by atoms with Crippen LogP contribution in [0.5, 0.6) is 5.75 Å². The molecule has 0 atom stereocenters. The predicted octanol–water partition coefficient (Wildman–Crippen LogP) is 4.91. The second-order valence-corrected chi connectivity index (χ2v) is 6.67. The van der Waals surface area contributed by atoms with Crippen molar-refractivity contribution in [1.82, 2.24) is 0 Å². The SMILES string of the molecule is Cc1cc(-c2cccc3c2Cc2ccccc2-3)c(C)cc1OCCO. The molecular weight excluding hydrogens is 308 g/mol. The summed E-state index contributed by atoms with van der Waals surface area (Å²) in [6.45, 7) is 4.55. The lowest BCUT2D eigenvalue weighted by molar-refractivity contribution is 0.200. The highest BCUT2D eigenvalue weighted by Gasteiger charge is 2.22. The number of benzene rings is 3. The first-order valence-electron chi connectivity index (χ1n) is 8.74. The van der Waals surface area contributed by atoms with Crippen molar-refractivity contribution in [3.63, 3.8) is 0 Å². The van der Waals surface area contributed by atoms with Gasteiger partial charge in [0, 0.05) is 0 Å². The molecule has 126 valence electrons. The minimum Gasteiger partial charge on any atom is -0.491 e. The Morgan fingerprint density at radius 3 is 2.36 bits per heavy atom. The number of rotatable bonds is 4. The lowest BCUT2D eigenvalue weighted by Gasteiger charge is -2.15. The zero-order valence-corrected chi connectivity index (χ0v) is 14.7. The minimum absolute atomic E-state index is 0.0324. The highest BCUT2D eigenvalue weighted by molar-refractivity contribution is 5.85. The van der Waals surface area contributed by atoms with Gasteiger partial charge in [0.15, 0.2) is 0 Å². The Bertz CT molecular complexity index is 941. The molecule has 0 spiro atoms. The van der Waals surface area contributed by atoms with Crippen LogP contribution in [0.4, 0.5) is 0 Å². The summed E-state index contributed by atoms with van der Waals surface area (Å²) in [5.41, 5.74) is 10.4. The largest absolute Gasteiger partial charge is 0.491 e. The molecular formula is C23H22O2.